The Balaban J connectivity index is 1.60. The Kier molecular flexibility index (Phi) is 3.73. The number of aromatic nitrogens is 5. The van der Waals surface area contributed by atoms with Crippen LogP contribution in [0.3, 0.4) is 0 Å². The van der Waals surface area contributed by atoms with Gasteiger partial charge in [0.2, 0.25) is 0 Å². The molecule has 1 fully saturated rings. The van der Waals surface area contributed by atoms with Gasteiger partial charge in [0.05, 0.1) is 25.2 Å². The molecule has 1 N–H and O–H groups in total. The maximum Gasteiger partial charge on any atom is 0.182 e. The number of rotatable bonds is 2. The van der Waals surface area contributed by atoms with Crippen molar-refractivity contribution in [1.82, 2.24) is 24.9 Å². The van der Waals surface area contributed by atoms with Gasteiger partial charge in [0.25, 0.3) is 0 Å². The molecule has 24 heavy (non-hydrogen) atoms. The van der Waals surface area contributed by atoms with Crippen molar-refractivity contribution in [2.75, 3.05) is 24.6 Å². The van der Waals surface area contributed by atoms with Gasteiger partial charge >= 0.3 is 0 Å². The maximum absolute atomic E-state index is 5.97. The van der Waals surface area contributed by atoms with Crippen LogP contribution in [0.1, 0.15) is 37.6 Å². The van der Waals surface area contributed by atoms with Crippen molar-refractivity contribution in [1.29, 1.82) is 0 Å². The number of hydrogen-bond acceptors (Lipinski definition) is 7. The van der Waals surface area contributed by atoms with E-state index in [0.717, 1.165) is 35.1 Å². The minimum absolute atomic E-state index is 0.0345. The first-order valence-corrected chi connectivity index (χ1v) is 8.87. The second-order valence-corrected chi connectivity index (χ2v) is 7.81. The number of hydrogen-bond donors (Lipinski definition) is 1. The van der Waals surface area contributed by atoms with Gasteiger partial charge in [-0.05, 0) is 0 Å². The normalized spacial score (nSPS) is 19.1. The van der Waals surface area contributed by atoms with Gasteiger partial charge in [-0.15, -0.1) is 11.3 Å². The van der Waals surface area contributed by atoms with E-state index in [2.05, 4.69) is 51.0 Å². The molecule has 3 aromatic heterocycles. The number of morpholine rings is 1. The van der Waals surface area contributed by atoms with Gasteiger partial charge in [-0.25, -0.2) is 19.9 Å². The third-order valence-corrected chi connectivity index (χ3v) is 5.07. The summed E-state index contributed by atoms with van der Waals surface area (Å²) in [5, 5.41) is 3.16. The van der Waals surface area contributed by atoms with E-state index < -0.39 is 0 Å². The molecular weight excluding hydrogens is 324 g/mol. The van der Waals surface area contributed by atoms with Gasteiger partial charge in [-0.2, -0.15) is 0 Å². The summed E-state index contributed by atoms with van der Waals surface area (Å²) in [6.45, 7) is 8.69. The van der Waals surface area contributed by atoms with Crippen LogP contribution in [0, 0.1) is 0 Å². The van der Waals surface area contributed by atoms with E-state index in [1.807, 2.05) is 0 Å². The Labute approximate surface area is 144 Å². The number of imidazole rings is 1. The Bertz CT molecular complexity index is 851. The van der Waals surface area contributed by atoms with Crippen LogP contribution in [0.4, 0.5) is 5.82 Å². The molecule has 4 heterocycles. The summed E-state index contributed by atoms with van der Waals surface area (Å²) in [6, 6.07) is 0. The summed E-state index contributed by atoms with van der Waals surface area (Å²) in [5.74, 6) is 0.874. The van der Waals surface area contributed by atoms with E-state index in [1.165, 1.54) is 0 Å². The minimum Gasteiger partial charge on any atom is -0.367 e. The zero-order valence-electron chi connectivity index (χ0n) is 14.0. The van der Waals surface area contributed by atoms with Gasteiger partial charge in [0.1, 0.15) is 23.0 Å². The largest absolute Gasteiger partial charge is 0.367 e. The highest BCUT2D eigenvalue weighted by Crippen LogP contribution is 2.32. The van der Waals surface area contributed by atoms with Crippen molar-refractivity contribution in [3.63, 3.8) is 0 Å². The molecule has 0 spiro atoms. The number of nitrogens with one attached hydrogen (secondary N) is 1. The molecule has 0 aromatic carbocycles. The van der Waals surface area contributed by atoms with Gasteiger partial charge in [-0.1, -0.05) is 20.8 Å². The fraction of sp³-hybridized carbons (Fsp3) is 0.500. The Morgan fingerprint density at radius 3 is 2.96 bits per heavy atom. The van der Waals surface area contributed by atoms with Gasteiger partial charge < -0.3 is 14.6 Å². The van der Waals surface area contributed by atoms with Crippen LogP contribution in [0.25, 0.3) is 11.2 Å². The molecule has 7 nitrogen and oxygen atoms in total. The number of thiazole rings is 1. The lowest BCUT2D eigenvalue weighted by atomic mass is 9.93. The van der Waals surface area contributed by atoms with E-state index in [-0.39, 0.29) is 11.5 Å². The van der Waals surface area contributed by atoms with Crippen LogP contribution in [-0.4, -0.2) is 44.6 Å². The fourth-order valence-corrected chi connectivity index (χ4v) is 3.85. The van der Waals surface area contributed by atoms with Crippen molar-refractivity contribution < 1.29 is 4.74 Å². The zero-order valence-corrected chi connectivity index (χ0v) is 14.8. The number of aromatic amines is 1. The topological polar surface area (TPSA) is 79.8 Å². The third-order valence-electron chi connectivity index (χ3n) is 4.13. The average molecular weight is 344 g/mol. The number of nitrogens with zero attached hydrogens (tertiary/aromatic N) is 5. The van der Waals surface area contributed by atoms with E-state index in [9.17, 15) is 0 Å². The highest BCUT2D eigenvalue weighted by molar-refractivity contribution is 7.09. The molecule has 8 heteroatoms. The van der Waals surface area contributed by atoms with Crippen molar-refractivity contribution in [2.24, 2.45) is 0 Å². The summed E-state index contributed by atoms with van der Waals surface area (Å²) in [7, 11) is 0. The quantitative estimate of drug-likeness (QED) is 0.770. The van der Waals surface area contributed by atoms with Crippen molar-refractivity contribution in [2.45, 2.75) is 32.3 Å². The third kappa shape index (κ3) is 2.76. The van der Waals surface area contributed by atoms with Crippen LogP contribution >= 0.6 is 11.3 Å². The molecule has 4 rings (SSSR count). The van der Waals surface area contributed by atoms with E-state index in [4.69, 9.17) is 9.72 Å². The van der Waals surface area contributed by atoms with E-state index in [1.54, 1.807) is 24.0 Å². The first-order chi connectivity index (χ1) is 11.5. The predicted molar refractivity (Wildman–Crippen MR) is 93.4 cm³/mol. The molecule has 3 aromatic rings. The zero-order chi connectivity index (χ0) is 16.7. The van der Waals surface area contributed by atoms with Crippen LogP contribution in [0.15, 0.2) is 18.0 Å². The second-order valence-electron chi connectivity index (χ2n) is 6.92. The summed E-state index contributed by atoms with van der Waals surface area (Å²) in [6.07, 6.45) is 3.18. The monoisotopic (exact) mass is 344 g/mol. The van der Waals surface area contributed by atoms with Gasteiger partial charge in [0.15, 0.2) is 11.5 Å². The molecule has 1 aliphatic rings. The van der Waals surface area contributed by atoms with E-state index >= 15 is 0 Å². The molecule has 126 valence electrons. The van der Waals surface area contributed by atoms with Crippen LogP contribution < -0.4 is 4.90 Å². The molecular formula is C16H20N6OS. The second kappa shape index (κ2) is 5.78. The van der Waals surface area contributed by atoms with Gasteiger partial charge in [0, 0.05) is 17.3 Å². The average Bonchev–Trinajstić information content (AvgIpc) is 3.23. The first kappa shape index (κ1) is 15.5. The molecule has 0 aliphatic carbocycles. The van der Waals surface area contributed by atoms with Crippen molar-refractivity contribution in [3.8, 4) is 0 Å². The minimum atomic E-state index is -0.0345. The number of fused-ring (bicyclic) bond motifs is 1. The summed E-state index contributed by atoms with van der Waals surface area (Å²) in [5.41, 5.74) is 2.72. The van der Waals surface area contributed by atoms with E-state index in [0.29, 0.717) is 12.3 Å². The van der Waals surface area contributed by atoms with Crippen molar-refractivity contribution in [3.05, 3.63) is 28.7 Å². The Hall–Kier alpha value is -2.06. The van der Waals surface area contributed by atoms with Crippen molar-refractivity contribution >= 4 is 28.3 Å². The highest BCUT2D eigenvalue weighted by Gasteiger charge is 2.28. The Morgan fingerprint density at radius 1 is 1.29 bits per heavy atom. The Morgan fingerprint density at radius 2 is 2.17 bits per heavy atom. The number of anilines is 1. The molecule has 0 amide bonds. The molecule has 0 saturated carbocycles. The van der Waals surface area contributed by atoms with Crippen LogP contribution in [0.5, 0.6) is 0 Å². The summed E-state index contributed by atoms with van der Waals surface area (Å²) >= 11 is 1.67. The fourth-order valence-electron chi connectivity index (χ4n) is 2.76. The summed E-state index contributed by atoms with van der Waals surface area (Å²) in [4.78, 5) is 23.0. The van der Waals surface area contributed by atoms with Crippen LogP contribution in [0.2, 0.25) is 0 Å². The SMILES string of the molecule is CC(C)(C)c1csc([C@@H]2CN(c3ncnc4nc[nH]c34)CCO2)n1. The first-order valence-electron chi connectivity index (χ1n) is 7.99. The number of H-pyrrole nitrogens is 1. The molecule has 1 atom stereocenters. The predicted octanol–water partition coefficient (Wildman–Crippen LogP) is 2.68. The number of ether oxygens (including phenoxy) is 1. The van der Waals surface area contributed by atoms with Gasteiger partial charge in [-0.3, -0.25) is 0 Å². The molecule has 0 bridgehead atoms. The summed E-state index contributed by atoms with van der Waals surface area (Å²) < 4.78 is 5.97. The lowest BCUT2D eigenvalue weighted by Gasteiger charge is -2.32. The smallest absolute Gasteiger partial charge is 0.182 e. The molecule has 0 radical (unpaired) electrons. The maximum atomic E-state index is 5.97. The lowest BCUT2D eigenvalue weighted by molar-refractivity contribution is 0.0393. The van der Waals surface area contributed by atoms with Crippen LogP contribution in [-0.2, 0) is 10.2 Å². The lowest BCUT2D eigenvalue weighted by Crippen LogP contribution is -2.39. The molecule has 1 aliphatic heterocycles. The standard InChI is InChI=1S/C16H20N6OS/c1-16(2,3)11-7-24-15(21-11)10-6-22(4-5-23-10)14-12-13(18-8-17-12)19-9-20-14/h7-10H,4-6H2,1-3H3,(H,17,18,19,20)/t10-/m0/s1. The molecule has 0 unspecified atom stereocenters. The highest BCUT2D eigenvalue weighted by atomic mass is 32.1. The molecule has 1 saturated heterocycles.